The maximum absolute atomic E-state index is 4.54. The SMILES string of the molecule is CC[C@H](C)c1ccc(C)c(C)n1. The number of aromatic nitrogens is 1. The fourth-order valence-electron chi connectivity index (χ4n) is 1.13. The summed E-state index contributed by atoms with van der Waals surface area (Å²) in [5.41, 5.74) is 3.66. The number of hydrogen-bond acceptors (Lipinski definition) is 1. The molecule has 0 spiro atoms. The first-order chi connectivity index (χ1) is 5.65. The molecule has 1 rings (SSSR count). The third-order valence-corrected chi connectivity index (χ3v) is 2.49. The normalized spacial score (nSPS) is 13.0. The van der Waals surface area contributed by atoms with Crippen LogP contribution in [0.2, 0.25) is 0 Å². The molecular weight excluding hydrogens is 146 g/mol. The van der Waals surface area contributed by atoms with Crippen molar-refractivity contribution in [3.05, 3.63) is 29.1 Å². The van der Waals surface area contributed by atoms with Gasteiger partial charge in [0.25, 0.3) is 0 Å². The number of hydrogen-bond donors (Lipinski definition) is 0. The third-order valence-electron chi connectivity index (χ3n) is 2.49. The molecule has 1 aromatic heterocycles. The molecule has 0 unspecified atom stereocenters. The number of pyridine rings is 1. The van der Waals surface area contributed by atoms with Crippen LogP contribution < -0.4 is 0 Å². The first-order valence-corrected chi connectivity index (χ1v) is 4.59. The molecule has 0 aromatic carbocycles. The zero-order valence-electron chi connectivity index (χ0n) is 8.39. The van der Waals surface area contributed by atoms with Gasteiger partial charge in [-0.3, -0.25) is 4.98 Å². The van der Waals surface area contributed by atoms with E-state index < -0.39 is 0 Å². The van der Waals surface area contributed by atoms with Gasteiger partial charge in [-0.25, -0.2) is 0 Å². The Morgan fingerprint density at radius 1 is 1.33 bits per heavy atom. The van der Waals surface area contributed by atoms with E-state index in [2.05, 4.69) is 44.8 Å². The average Bonchev–Trinajstić information content (AvgIpc) is 2.08. The van der Waals surface area contributed by atoms with Crippen LogP contribution in [0.5, 0.6) is 0 Å². The molecule has 0 bridgehead atoms. The Hall–Kier alpha value is -0.850. The second-order valence-electron chi connectivity index (χ2n) is 3.45. The van der Waals surface area contributed by atoms with Crippen LogP contribution >= 0.6 is 0 Å². The van der Waals surface area contributed by atoms with Crippen molar-refractivity contribution in [2.45, 2.75) is 40.0 Å². The Bertz CT molecular complexity index is 266. The van der Waals surface area contributed by atoms with Gasteiger partial charge in [-0.1, -0.05) is 19.9 Å². The van der Waals surface area contributed by atoms with Crippen LogP contribution in [0.15, 0.2) is 12.1 Å². The summed E-state index contributed by atoms with van der Waals surface area (Å²) in [5.74, 6) is 0.587. The predicted molar refractivity (Wildman–Crippen MR) is 52.4 cm³/mol. The molecule has 0 radical (unpaired) electrons. The Balaban J connectivity index is 2.96. The molecule has 0 saturated carbocycles. The van der Waals surface area contributed by atoms with Crippen molar-refractivity contribution in [1.29, 1.82) is 0 Å². The van der Waals surface area contributed by atoms with Gasteiger partial charge in [-0.15, -0.1) is 0 Å². The van der Waals surface area contributed by atoms with Gasteiger partial charge >= 0.3 is 0 Å². The average molecular weight is 163 g/mol. The molecule has 1 atom stereocenters. The maximum atomic E-state index is 4.54. The van der Waals surface area contributed by atoms with E-state index in [4.69, 9.17) is 0 Å². The van der Waals surface area contributed by atoms with Crippen LogP contribution in [0.25, 0.3) is 0 Å². The van der Waals surface area contributed by atoms with E-state index in [9.17, 15) is 0 Å². The molecule has 12 heavy (non-hydrogen) atoms. The van der Waals surface area contributed by atoms with E-state index in [0.717, 1.165) is 12.1 Å². The molecular formula is C11H17N. The smallest absolute Gasteiger partial charge is 0.0435 e. The first kappa shape index (κ1) is 9.24. The van der Waals surface area contributed by atoms with Crippen LogP contribution in [-0.2, 0) is 0 Å². The highest BCUT2D eigenvalue weighted by Gasteiger charge is 2.04. The molecule has 0 amide bonds. The third kappa shape index (κ3) is 1.84. The van der Waals surface area contributed by atoms with Crippen LogP contribution in [-0.4, -0.2) is 4.98 Å². The molecule has 1 heteroatoms. The molecule has 1 aromatic rings. The highest BCUT2D eigenvalue weighted by Crippen LogP contribution is 2.17. The van der Waals surface area contributed by atoms with E-state index >= 15 is 0 Å². The van der Waals surface area contributed by atoms with Gasteiger partial charge in [0, 0.05) is 11.4 Å². The lowest BCUT2D eigenvalue weighted by Gasteiger charge is -2.09. The number of rotatable bonds is 2. The minimum Gasteiger partial charge on any atom is -0.258 e. The summed E-state index contributed by atoms with van der Waals surface area (Å²) in [5, 5.41) is 0. The van der Waals surface area contributed by atoms with Gasteiger partial charge in [-0.2, -0.15) is 0 Å². The minimum absolute atomic E-state index is 0.587. The van der Waals surface area contributed by atoms with Crippen LogP contribution in [0.4, 0.5) is 0 Å². The van der Waals surface area contributed by atoms with Crippen molar-refractivity contribution in [3.8, 4) is 0 Å². The Morgan fingerprint density at radius 2 is 2.00 bits per heavy atom. The van der Waals surface area contributed by atoms with Gasteiger partial charge < -0.3 is 0 Å². The minimum atomic E-state index is 0.587. The second-order valence-corrected chi connectivity index (χ2v) is 3.45. The first-order valence-electron chi connectivity index (χ1n) is 4.59. The summed E-state index contributed by atoms with van der Waals surface area (Å²) in [6.45, 7) is 8.59. The zero-order valence-corrected chi connectivity index (χ0v) is 8.39. The molecule has 66 valence electrons. The zero-order chi connectivity index (χ0) is 9.14. The summed E-state index contributed by atoms with van der Waals surface area (Å²) in [6, 6.07) is 4.29. The van der Waals surface area contributed by atoms with Gasteiger partial charge in [0.1, 0.15) is 0 Å². The van der Waals surface area contributed by atoms with Gasteiger partial charge in [0.05, 0.1) is 0 Å². The Kier molecular flexibility index (Phi) is 2.85. The van der Waals surface area contributed by atoms with Gasteiger partial charge in [0.15, 0.2) is 0 Å². The maximum Gasteiger partial charge on any atom is 0.0435 e. The summed E-state index contributed by atoms with van der Waals surface area (Å²) < 4.78 is 0. The molecule has 0 aliphatic carbocycles. The second kappa shape index (κ2) is 3.70. The van der Waals surface area contributed by atoms with E-state index in [1.165, 1.54) is 11.3 Å². The van der Waals surface area contributed by atoms with Crippen LogP contribution in [0, 0.1) is 13.8 Å². The van der Waals surface area contributed by atoms with Gasteiger partial charge in [-0.05, 0) is 37.8 Å². The predicted octanol–water partition coefficient (Wildman–Crippen LogP) is 3.21. The lowest BCUT2D eigenvalue weighted by molar-refractivity contribution is 0.704. The number of aryl methyl sites for hydroxylation is 2. The highest BCUT2D eigenvalue weighted by atomic mass is 14.7. The fraction of sp³-hybridized carbons (Fsp3) is 0.545. The van der Waals surface area contributed by atoms with Crippen molar-refractivity contribution in [2.75, 3.05) is 0 Å². The van der Waals surface area contributed by atoms with Crippen molar-refractivity contribution in [2.24, 2.45) is 0 Å². The van der Waals surface area contributed by atoms with Crippen molar-refractivity contribution in [3.63, 3.8) is 0 Å². The summed E-state index contributed by atoms with van der Waals surface area (Å²) >= 11 is 0. The van der Waals surface area contributed by atoms with Crippen LogP contribution in [0.1, 0.15) is 43.1 Å². The molecule has 0 fully saturated rings. The lowest BCUT2D eigenvalue weighted by Crippen LogP contribution is -1.98. The molecule has 0 aliphatic rings. The molecule has 0 N–H and O–H groups in total. The summed E-state index contributed by atoms with van der Waals surface area (Å²) in [6.07, 6.45) is 1.16. The Morgan fingerprint density at radius 3 is 2.50 bits per heavy atom. The highest BCUT2D eigenvalue weighted by molar-refractivity contribution is 5.21. The molecule has 0 aliphatic heterocycles. The monoisotopic (exact) mass is 163 g/mol. The van der Waals surface area contributed by atoms with Crippen molar-refractivity contribution in [1.82, 2.24) is 4.98 Å². The quantitative estimate of drug-likeness (QED) is 0.652. The van der Waals surface area contributed by atoms with E-state index in [0.29, 0.717) is 5.92 Å². The fourth-order valence-corrected chi connectivity index (χ4v) is 1.13. The van der Waals surface area contributed by atoms with Crippen molar-refractivity contribution < 1.29 is 0 Å². The van der Waals surface area contributed by atoms with Crippen molar-refractivity contribution >= 4 is 0 Å². The molecule has 0 saturated heterocycles. The van der Waals surface area contributed by atoms with Gasteiger partial charge in [0.2, 0.25) is 0 Å². The summed E-state index contributed by atoms with van der Waals surface area (Å²) in [4.78, 5) is 4.54. The lowest BCUT2D eigenvalue weighted by atomic mass is 10.0. The van der Waals surface area contributed by atoms with E-state index in [1.807, 2.05) is 0 Å². The van der Waals surface area contributed by atoms with E-state index in [-0.39, 0.29) is 0 Å². The van der Waals surface area contributed by atoms with E-state index in [1.54, 1.807) is 0 Å². The molecule has 1 nitrogen and oxygen atoms in total. The van der Waals surface area contributed by atoms with Crippen LogP contribution in [0.3, 0.4) is 0 Å². The topological polar surface area (TPSA) is 12.9 Å². The Labute approximate surface area is 74.8 Å². The number of nitrogens with zero attached hydrogens (tertiary/aromatic N) is 1. The summed E-state index contributed by atoms with van der Waals surface area (Å²) in [7, 11) is 0. The largest absolute Gasteiger partial charge is 0.258 e. The molecule has 1 heterocycles. The standard InChI is InChI=1S/C11H17N/c1-5-8(2)11-7-6-9(3)10(4)12-11/h6-8H,5H2,1-4H3/t8-/m0/s1.